The fourth-order valence-corrected chi connectivity index (χ4v) is 1.14. The summed E-state index contributed by atoms with van der Waals surface area (Å²) in [5, 5.41) is 11.9. The number of nitriles is 1. The average Bonchev–Trinajstić information content (AvgIpc) is 2.32. The summed E-state index contributed by atoms with van der Waals surface area (Å²) in [6.07, 6.45) is 7.27. The molecule has 0 aliphatic rings. The highest BCUT2D eigenvalue weighted by molar-refractivity contribution is 5.22. The predicted molar refractivity (Wildman–Crippen MR) is 67.0 cm³/mol. The van der Waals surface area contributed by atoms with Crippen LogP contribution >= 0.6 is 0 Å². The monoisotopic (exact) mass is 220 g/mol. The molecule has 0 radical (unpaired) electrons. The Bertz CT molecular complexity index is 287. The Hall–Kier alpha value is -1.37. The van der Waals surface area contributed by atoms with Crippen LogP contribution in [0.2, 0.25) is 0 Å². The second-order valence-electron chi connectivity index (χ2n) is 3.16. The lowest BCUT2D eigenvalue weighted by molar-refractivity contribution is 0.101. The number of hydrogen-bond acceptors (Lipinski definition) is 3. The Balaban J connectivity index is 3.91. The summed E-state index contributed by atoms with van der Waals surface area (Å²) in [7, 11) is 0. The minimum Gasteiger partial charge on any atom is -0.362 e. The number of nitrogens with zero attached hydrogens (tertiary/aromatic N) is 1. The second kappa shape index (κ2) is 10.2. The molecule has 0 fully saturated rings. The molecule has 0 saturated carbocycles. The zero-order chi connectivity index (χ0) is 12.2. The van der Waals surface area contributed by atoms with Crippen molar-refractivity contribution in [1.29, 1.82) is 5.26 Å². The van der Waals surface area contributed by atoms with E-state index in [-0.39, 0.29) is 6.10 Å². The van der Waals surface area contributed by atoms with E-state index in [2.05, 4.69) is 18.0 Å². The van der Waals surface area contributed by atoms with E-state index in [1.165, 1.54) is 0 Å². The summed E-state index contributed by atoms with van der Waals surface area (Å²) in [6.45, 7) is 9.32. The van der Waals surface area contributed by atoms with Gasteiger partial charge < -0.3 is 10.1 Å². The van der Waals surface area contributed by atoms with E-state index in [1.54, 1.807) is 6.08 Å². The maximum absolute atomic E-state index is 8.76. The van der Waals surface area contributed by atoms with E-state index in [4.69, 9.17) is 10.00 Å². The zero-order valence-electron chi connectivity index (χ0n) is 10.1. The van der Waals surface area contributed by atoms with Crippen molar-refractivity contribution in [2.75, 3.05) is 19.7 Å². The maximum atomic E-state index is 8.76. The largest absolute Gasteiger partial charge is 0.362 e. The molecule has 0 rings (SSSR count). The van der Waals surface area contributed by atoms with Crippen LogP contribution < -0.4 is 5.32 Å². The maximum Gasteiger partial charge on any atom is 0.156 e. The lowest BCUT2D eigenvalue weighted by atomic mass is 10.2. The van der Waals surface area contributed by atoms with Crippen molar-refractivity contribution < 1.29 is 4.74 Å². The molecule has 0 heterocycles. The Morgan fingerprint density at radius 1 is 1.62 bits per heavy atom. The fourth-order valence-electron chi connectivity index (χ4n) is 1.14. The van der Waals surface area contributed by atoms with Gasteiger partial charge in [-0.3, -0.25) is 0 Å². The number of nitrogens with one attached hydrogen (secondary N) is 1. The van der Waals surface area contributed by atoms with E-state index in [0.29, 0.717) is 13.2 Å². The van der Waals surface area contributed by atoms with Crippen LogP contribution in [0.4, 0.5) is 0 Å². The zero-order valence-corrected chi connectivity index (χ0v) is 10.1. The van der Waals surface area contributed by atoms with E-state index < -0.39 is 0 Å². The molecule has 0 amide bonds. The number of rotatable bonds is 8. The van der Waals surface area contributed by atoms with Crippen LogP contribution in [-0.2, 0) is 4.74 Å². The van der Waals surface area contributed by atoms with Crippen molar-refractivity contribution in [2.45, 2.75) is 20.0 Å². The Morgan fingerprint density at radius 2 is 2.38 bits per heavy atom. The van der Waals surface area contributed by atoms with Gasteiger partial charge in [0.05, 0.1) is 6.07 Å². The van der Waals surface area contributed by atoms with Gasteiger partial charge in [-0.2, -0.15) is 5.26 Å². The molecule has 0 aliphatic carbocycles. The van der Waals surface area contributed by atoms with Crippen molar-refractivity contribution in [1.82, 2.24) is 5.32 Å². The molecule has 0 aromatic carbocycles. The van der Waals surface area contributed by atoms with Crippen molar-refractivity contribution in [2.24, 2.45) is 0 Å². The number of hydrogen-bond donors (Lipinski definition) is 1. The topological polar surface area (TPSA) is 45.0 Å². The molecule has 0 spiro atoms. The van der Waals surface area contributed by atoms with Gasteiger partial charge in [-0.1, -0.05) is 30.9 Å². The first kappa shape index (κ1) is 14.6. The van der Waals surface area contributed by atoms with Gasteiger partial charge in [0.15, 0.2) is 6.10 Å². The third kappa shape index (κ3) is 6.99. The molecular weight excluding hydrogens is 200 g/mol. The minimum atomic E-state index is -0.369. The van der Waals surface area contributed by atoms with E-state index >= 15 is 0 Å². The van der Waals surface area contributed by atoms with Crippen molar-refractivity contribution in [3.63, 3.8) is 0 Å². The second-order valence-corrected chi connectivity index (χ2v) is 3.16. The van der Waals surface area contributed by atoms with Crippen LogP contribution in [0.5, 0.6) is 0 Å². The van der Waals surface area contributed by atoms with Gasteiger partial charge in [-0.15, -0.1) is 0 Å². The molecule has 88 valence electrons. The summed E-state index contributed by atoms with van der Waals surface area (Å²) in [5.74, 6) is 0. The molecule has 0 aliphatic heterocycles. The Morgan fingerprint density at radius 3 is 2.88 bits per heavy atom. The van der Waals surface area contributed by atoms with Crippen molar-refractivity contribution >= 4 is 0 Å². The van der Waals surface area contributed by atoms with Gasteiger partial charge in [0.1, 0.15) is 0 Å². The highest BCUT2D eigenvalue weighted by Gasteiger charge is 2.04. The molecule has 3 heteroatoms. The minimum absolute atomic E-state index is 0.369. The summed E-state index contributed by atoms with van der Waals surface area (Å²) in [6, 6.07) is 2.10. The standard InChI is InChI=1S/C13H20N2O/c1-4-7-8-12(5-2)10-15-11-13(9-14)16-6-3/h4-5,7-8,13,15H,1,6,10-11H2,2-3H3/b8-7-,12-5+. The lowest BCUT2D eigenvalue weighted by Gasteiger charge is -2.10. The van der Waals surface area contributed by atoms with Crippen molar-refractivity contribution in [3.8, 4) is 6.07 Å². The third-order valence-electron chi connectivity index (χ3n) is 1.99. The van der Waals surface area contributed by atoms with Gasteiger partial charge in [-0.05, 0) is 19.4 Å². The number of allylic oxidation sites excluding steroid dienone is 3. The molecule has 1 unspecified atom stereocenters. The molecule has 3 nitrogen and oxygen atoms in total. The average molecular weight is 220 g/mol. The highest BCUT2D eigenvalue weighted by Crippen LogP contribution is 1.96. The van der Waals surface area contributed by atoms with Gasteiger partial charge in [0.25, 0.3) is 0 Å². The summed E-state index contributed by atoms with van der Waals surface area (Å²) in [5.41, 5.74) is 1.16. The predicted octanol–water partition coefficient (Wildman–Crippen LogP) is 2.19. The lowest BCUT2D eigenvalue weighted by Crippen LogP contribution is -2.29. The molecule has 16 heavy (non-hydrogen) atoms. The molecule has 1 N–H and O–H groups in total. The van der Waals surface area contributed by atoms with Crippen molar-refractivity contribution in [3.05, 3.63) is 36.5 Å². The van der Waals surface area contributed by atoms with Gasteiger partial charge in [0, 0.05) is 19.7 Å². The third-order valence-corrected chi connectivity index (χ3v) is 1.99. The van der Waals surface area contributed by atoms with Gasteiger partial charge in [0.2, 0.25) is 0 Å². The molecule has 1 atom stereocenters. The van der Waals surface area contributed by atoms with Crippen LogP contribution in [0.25, 0.3) is 0 Å². The van der Waals surface area contributed by atoms with Gasteiger partial charge in [-0.25, -0.2) is 0 Å². The number of ether oxygens (including phenoxy) is 1. The normalized spacial score (nSPS) is 13.7. The van der Waals surface area contributed by atoms with Crippen LogP contribution in [0.1, 0.15) is 13.8 Å². The Kier molecular flexibility index (Phi) is 9.29. The van der Waals surface area contributed by atoms with Crippen LogP contribution in [0.3, 0.4) is 0 Å². The first-order valence-corrected chi connectivity index (χ1v) is 5.44. The van der Waals surface area contributed by atoms with E-state index in [9.17, 15) is 0 Å². The Labute approximate surface area is 98.1 Å². The molecule has 0 bridgehead atoms. The van der Waals surface area contributed by atoms with E-state index in [0.717, 1.165) is 12.1 Å². The molecule has 0 saturated heterocycles. The van der Waals surface area contributed by atoms with Crippen LogP contribution in [0, 0.1) is 11.3 Å². The quantitative estimate of drug-likeness (QED) is 0.638. The summed E-state index contributed by atoms with van der Waals surface area (Å²) in [4.78, 5) is 0. The van der Waals surface area contributed by atoms with Gasteiger partial charge >= 0.3 is 0 Å². The SMILES string of the molecule is C=C/C=C\C(=C/C)CNCC(C#N)OCC. The summed E-state index contributed by atoms with van der Waals surface area (Å²) < 4.78 is 5.21. The smallest absolute Gasteiger partial charge is 0.156 e. The molecule has 0 aromatic heterocycles. The first-order chi connectivity index (χ1) is 7.78. The molecular formula is C13H20N2O. The summed E-state index contributed by atoms with van der Waals surface area (Å²) >= 11 is 0. The first-order valence-electron chi connectivity index (χ1n) is 5.44. The van der Waals surface area contributed by atoms with E-state index in [1.807, 2.05) is 32.1 Å². The molecule has 0 aromatic rings. The van der Waals surface area contributed by atoms with Crippen LogP contribution in [-0.4, -0.2) is 25.8 Å². The van der Waals surface area contributed by atoms with Crippen LogP contribution in [0.15, 0.2) is 36.5 Å². The fraction of sp³-hybridized carbons (Fsp3) is 0.462. The highest BCUT2D eigenvalue weighted by atomic mass is 16.5.